The molecular weight excluding hydrogens is 134 g/mol. The molecule has 0 aromatic carbocycles. The van der Waals surface area contributed by atoms with Gasteiger partial charge in [0.05, 0.1) is 0 Å². The average molecular weight is 151 g/mol. The standard InChI is InChI=1S/C10H17N/c1-9-6-4-2-3-5-7-10(11)8-9/h7-8H,2-6,11H2,1H3/b9-8-,10-7-. The van der Waals surface area contributed by atoms with Crippen molar-refractivity contribution in [2.45, 2.75) is 39.0 Å². The zero-order chi connectivity index (χ0) is 8.10. The van der Waals surface area contributed by atoms with Crippen molar-refractivity contribution in [3.8, 4) is 0 Å². The SMILES string of the molecule is C/C1=C/C(N)=C/CCCCC1. The maximum absolute atomic E-state index is 5.75. The summed E-state index contributed by atoms with van der Waals surface area (Å²) in [7, 11) is 0. The summed E-state index contributed by atoms with van der Waals surface area (Å²) in [6.45, 7) is 2.16. The molecule has 1 aliphatic rings. The van der Waals surface area contributed by atoms with Gasteiger partial charge in [0, 0.05) is 5.70 Å². The van der Waals surface area contributed by atoms with Crippen LogP contribution in [0, 0.1) is 0 Å². The average Bonchev–Trinajstić information content (AvgIpc) is 2.02. The Morgan fingerprint density at radius 2 is 2.09 bits per heavy atom. The summed E-state index contributed by atoms with van der Waals surface area (Å²) in [6, 6.07) is 0. The lowest BCUT2D eigenvalue weighted by Crippen LogP contribution is -1.93. The lowest BCUT2D eigenvalue weighted by molar-refractivity contribution is 0.686. The van der Waals surface area contributed by atoms with Crippen LogP contribution in [0.1, 0.15) is 39.0 Å². The second kappa shape index (κ2) is 4.22. The molecule has 0 spiro atoms. The number of rotatable bonds is 0. The predicted octanol–water partition coefficient (Wildman–Crippen LogP) is 2.74. The minimum absolute atomic E-state index is 0.949. The molecule has 1 nitrogen and oxygen atoms in total. The van der Waals surface area contributed by atoms with Gasteiger partial charge in [-0.1, -0.05) is 18.1 Å². The van der Waals surface area contributed by atoms with Gasteiger partial charge in [-0.3, -0.25) is 0 Å². The van der Waals surface area contributed by atoms with Crippen LogP contribution in [0.15, 0.2) is 23.4 Å². The lowest BCUT2D eigenvalue weighted by Gasteiger charge is -1.97. The first-order chi connectivity index (χ1) is 5.29. The Balaban J connectivity index is 2.59. The Kier molecular flexibility index (Phi) is 3.21. The molecule has 0 atom stereocenters. The van der Waals surface area contributed by atoms with Gasteiger partial charge in [0.15, 0.2) is 0 Å². The normalized spacial score (nSPS) is 30.3. The van der Waals surface area contributed by atoms with E-state index in [-0.39, 0.29) is 0 Å². The fourth-order valence-electron chi connectivity index (χ4n) is 1.41. The molecule has 1 rings (SSSR count). The molecule has 0 fully saturated rings. The third kappa shape index (κ3) is 3.26. The second-order valence-corrected chi connectivity index (χ2v) is 3.29. The summed E-state index contributed by atoms with van der Waals surface area (Å²) in [5.41, 5.74) is 8.11. The molecular formula is C10H17N. The van der Waals surface area contributed by atoms with Gasteiger partial charge in [-0.15, -0.1) is 0 Å². The van der Waals surface area contributed by atoms with Crippen LogP contribution in [0.3, 0.4) is 0 Å². The van der Waals surface area contributed by atoms with E-state index in [0.717, 1.165) is 12.1 Å². The van der Waals surface area contributed by atoms with E-state index in [4.69, 9.17) is 5.73 Å². The van der Waals surface area contributed by atoms with Crippen LogP contribution in [0.25, 0.3) is 0 Å². The van der Waals surface area contributed by atoms with E-state index in [9.17, 15) is 0 Å². The minimum atomic E-state index is 0.949. The van der Waals surface area contributed by atoms with Crippen molar-refractivity contribution in [3.05, 3.63) is 23.4 Å². The van der Waals surface area contributed by atoms with E-state index in [1.165, 1.54) is 31.3 Å². The molecule has 0 heterocycles. The molecule has 0 radical (unpaired) electrons. The molecule has 62 valence electrons. The number of hydrogen-bond donors (Lipinski definition) is 1. The first kappa shape index (κ1) is 8.38. The van der Waals surface area contributed by atoms with Crippen molar-refractivity contribution >= 4 is 0 Å². The fourth-order valence-corrected chi connectivity index (χ4v) is 1.41. The molecule has 0 aromatic heterocycles. The summed E-state index contributed by atoms with van der Waals surface area (Å²) in [6.07, 6.45) is 10.6. The van der Waals surface area contributed by atoms with Crippen LogP contribution in [-0.4, -0.2) is 0 Å². The summed E-state index contributed by atoms with van der Waals surface area (Å²) < 4.78 is 0. The molecule has 11 heavy (non-hydrogen) atoms. The summed E-state index contributed by atoms with van der Waals surface area (Å²) in [5, 5.41) is 0. The van der Waals surface area contributed by atoms with Crippen molar-refractivity contribution in [3.63, 3.8) is 0 Å². The van der Waals surface area contributed by atoms with Crippen LogP contribution in [-0.2, 0) is 0 Å². The van der Waals surface area contributed by atoms with Crippen molar-refractivity contribution in [1.29, 1.82) is 0 Å². The van der Waals surface area contributed by atoms with Crippen LogP contribution in [0.4, 0.5) is 0 Å². The number of nitrogens with two attached hydrogens (primary N) is 1. The maximum atomic E-state index is 5.75. The van der Waals surface area contributed by atoms with E-state index in [2.05, 4.69) is 19.1 Å². The Morgan fingerprint density at radius 1 is 1.27 bits per heavy atom. The molecule has 0 saturated carbocycles. The van der Waals surface area contributed by atoms with E-state index in [1.54, 1.807) is 0 Å². The molecule has 0 aromatic rings. The van der Waals surface area contributed by atoms with Crippen LogP contribution in [0.2, 0.25) is 0 Å². The third-order valence-corrected chi connectivity index (χ3v) is 2.07. The van der Waals surface area contributed by atoms with Crippen LogP contribution >= 0.6 is 0 Å². The molecule has 0 amide bonds. The highest BCUT2D eigenvalue weighted by molar-refractivity contribution is 5.19. The van der Waals surface area contributed by atoms with Crippen molar-refractivity contribution < 1.29 is 0 Å². The Hall–Kier alpha value is -0.720. The molecule has 1 aliphatic carbocycles. The monoisotopic (exact) mass is 151 g/mol. The van der Waals surface area contributed by atoms with Gasteiger partial charge in [-0.25, -0.2) is 0 Å². The van der Waals surface area contributed by atoms with E-state index in [1.807, 2.05) is 0 Å². The zero-order valence-corrected chi connectivity index (χ0v) is 7.27. The van der Waals surface area contributed by atoms with Gasteiger partial charge in [0.25, 0.3) is 0 Å². The fraction of sp³-hybridized carbons (Fsp3) is 0.600. The third-order valence-electron chi connectivity index (χ3n) is 2.07. The van der Waals surface area contributed by atoms with Gasteiger partial charge < -0.3 is 5.73 Å². The van der Waals surface area contributed by atoms with Gasteiger partial charge in [0.2, 0.25) is 0 Å². The van der Waals surface area contributed by atoms with Crippen molar-refractivity contribution in [2.75, 3.05) is 0 Å². The summed E-state index contributed by atoms with van der Waals surface area (Å²) >= 11 is 0. The largest absolute Gasteiger partial charge is 0.399 e. The highest BCUT2D eigenvalue weighted by Gasteiger charge is 1.95. The van der Waals surface area contributed by atoms with E-state index < -0.39 is 0 Å². The van der Waals surface area contributed by atoms with Gasteiger partial charge in [-0.2, -0.15) is 0 Å². The molecule has 0 bridgehead atoms. The molecule has 0 saturated heterocycles. The molecule has 0 aliphatic heterocycles. The first-order valence-electron chi connectivity index (χ1n) is 4.42. The Labute approximate surface area is 69.0 Å². The lowest BCUT2D eigenvalue weighted by atomic mass is 10.1. The quantitative estimate of drug-likeness (QED) is 0.566. The Bertz CT molecular complexity index is 177. The van der Waals surface area contributed by atoms with Crippen molar-refractivity contribution in [2.24, 2.45) is 5.73 Å². The van der Waals surface area contributed by atoms with E-state index >= 15 is 0 Å². The van der Waals surface area contributed by atoms with Crippen LogP contribution < -0.4 is 5.73 Å². The highest BCUT2D eigenvalue weighted by atomic mass is 14.6. The molecule has 1 heteroatoms. The summed E-state index contributed by atoms with van der Waals surface area (Å²) in [4.78, 5) is 0. The predicted molar refractivity (Wildman–Crippen MR) is 49.1 cm³/mol. The molecule has 2 N–H and O–H groups in total. The summed E-state index contributed by atoms with van der Waals surface area (Å²) in [5.74, 6) is 0. The van der Waals surface area contributed by atoms with E-state index in [0.29, 0.717) is 0 Å². The zero-order valence-electron chi connectivity index (χ0n) is 7.27. The van der Waals surface area contributed by atoms with Gasteiger partial charge >= 0.3 is 0 Å². The first-order valence-corrected chi connectivity index (χ1v) is 4.42. The number of hydrogen-bond acceptors (Lipinski definition) is 1. The molecule has 0 unspecified atom stereocenters. The highest BCUT2D eigenvalue weighted by Crippen LogP contribution is 2.13. The topological polar surface area (TPSA) is 26.0 Å². The second-order valence-electron chi connectivity index (χ2n) is 3.29. The smallest absolute Gasteiger partial charge is 0.0272 e. The number of allylic oxidation sites excluding steroid dienone is 3. The maximum Gasteiger partial charge on any atom is 0.0272 e. The Morgan fingerprint density at radius 3 is 2.91 bits per heavy atom. The van der Waals surface area contributed by atoms with Crippen LogP contribution in [0.5, 0.6) is 0 Å². The van der Waals surface area contributed by atoms with Gasteiger partial charge in [0.1, 0.15) is 0 Å². The van der Waals surface area contributed by atoms with Crippen molar-refractivity contribution in [1.82, 2.24) is 0 Å². The van der Waals surface area contributed by atoms with Gasteiger partial charge in [-0.05, 0) is 38.7 Å². The minimum Gasteiger partial charge on any atom is -0.399 e.